The van der Waals surface area contributed by atoms with Gasteiger partial charge in [0.25, 0.3) is 5.91 Å². The van der Waals surface area contributed by atoms with Crippen molar-refractivity contribution in [1.29, 1.82) is 0 Å². The zero-order valence-electron chi connectivity index (χ0n) is 17.1. The number of methoxy groups -OCH3 is 1. The molecular formula is C21H22FN7O2. The van der Waals surface area contributed by atoms with Crippen molar-refractivity contribution < 1.29 is 13.9 Å². The zero-order valence-corrected chi connectivity index (χ0v) is 17.1. The number of benzene rings is 1. The Balaban J connectivity index is 1.65. The highest BCUT2D eigenvalue weighted by atomic mass is 19.1. The van der Waals surface area contributed by atoms with Crippen molar-refractivity contribution in [3.63, 3.8) is 0 Å². The van der Waals surface area contributed by atoms with E-state index in [2.05, 4.69) is 25.6 Å². The monoisotopic (exact) mass is 423 g/mol. The first-order chi connectivity index (χ1) is 15.0. The summed E-state index contributed by atoms with van der Waals surface area (Å²) in [6.07, 6.45) is 6.32. The van der Waals surface area contributed by atoms with Crippen molar-refractivity contribution in [1.82, 2.24) is 19.4 Å². The molecule has 0 unspecified atom stereocenters. The predicted octanol–water partition coefficient (Wildman–Crippen LogP) is 2.57. The fraction of sp³-hybridized carbons (Fsp3) is 0.238. The lowest BCUT2D eigenvalue weighted by Crippen LogP contribution is -2.25. The normalized spacial score (nSPS) is 12.3. The number of carbonyl (C=O) groups is 1. The van der Waals surface area contributed by atoms with E-state index < -0.39 is 11.7 Å². The van der Waals surface area contributed by atoms with E-state index in [0.717, 1.165) is 5.69 Å². The Hall–Kier alpha value is -3.63. The van der Waals surface area contributed by atoms with Gasteiger partial charge in [-0.3, -0.25) is 14.8 Å². The van der Waals surface area contributed by atoms with Gasteiger partial charge in [0.15, 0.2) is 11.5 Å². The van der Waals surface area contributed by atoms with Crippen LogP contribution in [0.15, 0.2) is 43.0 Å². The van der Waals surface area contributed by atoms with Crippen molar-refractivity contribution in [2.45, 2.75) is 19.6 Å². The number of fused-ring (bicyclic) bond motifs is 2. The summed E-state index contributed by atoms with van der Waals surface area (Å²) in [5.74, 6) is -0.986. The molecule has 0 aliphatic carbocycles. The summed E-state index contributed by atoms with van der Waals surface area (Å²) in [4.78, 5) is 25.8. The van der Waals surface area contributed by atoms with Gasteiger partial charge in [-0.1, -0.05) is 0 Å². The lowest BCUT2D eigenvalue weighted by molar-refractivity contribution is 0.102. The number of carbonyl (C=O) groups excluding carboxylic acids is 1. The highest BCUT2D eigenvalue weighted by Crippen LogP contribution is 2.24. The molecule has 4 N–H and O–H groups in total. The van der Waals surface area contributed by atoms with Gasteiger partial charge in [0.2, 0.25) is 0 Å². The molecule has 0 saturated heterocycles. The lowest BCUT2D eigenvalue weighted by Gasteiger charge is -2.13. The Kier molecular flexibility index (Phi) is 5.74. The van der Waals surface area contributed by atoms with Crippen molar-refractivity contribution in [3.8, 4) is 0 Å². The SMILES string of the molecule is COCc1cn2cc(NC(=O)c3ccc(NC[C@H](C)N)c4nccnc34)cc(F)c2n1. The highest BCUT2D eigenvalue weighted by molar-refractivity contribution is 6.13. The van der Waals surface area contributed by atoms with Gasteiger partial charge in [0.1, 0.15) is 11.0 Å². The molecule has 0 aliphatic rings. The molecule has 0 saturated carbocycles. The van der Waals surface area contributed by atoms with E-state index in [1.807, 2.05) is 6.92 Å². The van der Waals surface area contributed by atoms with Crippen molar-refractivity contribution in [2.24, 2.45) is 5.73 Å². The molecule has 3 aromatic heterocycles. The van der Waals surface area contributed by atoms with Gasteiger partial charge < -0.3 is 25.5 Å². The Morgan fingerprint density at radius 3 is 2.77 bits per heavy atom. The number of nitrogens with two attached hydrogens (primary N) is 1. The number of hydrogen-bond donors (Lipinski definition) is 3. The number of anilines is 2. The summed E-state index contributed by atoms with van der Waals surface area (Å²) >= 11 is 0. The van der Waals surface area contributed by atoms with Gasteiger partial charge in [0.05, 0.1) is 29.2 Å². The van der Waals surface area contributed by atoms with Crippen LogP contribution in [0.2, 0.25) is 0 Å². The van der Waals surface area contributed by atoms with Crippen LogP contribution in [0.1, 0.15) is 23.0 Å². The number of nitrogens with zero attached hydrogens (tertiary/aromatic N) is 4. The summed E-state index contributed by atoms with van der Waals surface area (Å²) in [5.41, 5.74) is 8.87. The number of ether oxygens (including phenoxy) is 1. The number of nitrogens with one attached hydrogen (secondary N) is 2. The molecule has 0 aliphatic heterocycles. The quantitative estimate of drug-likeness (QED) is 0.418. The molecule has 10 heteroatoms. The Bertz CT molecular complexity index is 1260. The number of aromatic nitrogens is 4. The minimum Gasteiger partial charge on any atom is -0.382 e. The maximum Gasteiger partial charge on any atom is 0.257 e. The number of pyridine rings is 1. The number of amides is 1. The molecule has 1 atom stereocenters. The van der Waals surface area contributed by atoms with E-state index in [4.69, 9.17) is 10.5 Å². The van der Waals surface area contributed by atoms with E-state index in [0.29, 0.717) is 28.8 Å². The zero-order chi connectivity index (χ0) is 22.0. The number of hydrogen-bond acceptors (Lipinski definition) is 7. The number of rotatable bonds is 7. The molecule has 0 fully saturated rings. The van der Waals surface area contributed by atoms with Gasteiger partial charge in [-0.2, -0.15) is 0 Å². The van der Waals surface area contributed by atoms with Crippen LogP contribution in [0.5, 0.6) is 0 Å². The van der Waals surface area contributed by atoms with Crippen molar-refractivity contribution in [2.75, 3.05) is 24.3 Å². The Labute approximate surface area is 177 Å². The van der Waals surface area contributed by atoms with E-state index >= 15 is 0 Å². The van der Waals surface area contributed by atoms with Gasteiger partial charge in [-0.15, -0.1) is 0 Å². The van der Waals surface area contributed by atoms with E-state index in [1.54, 1.807) is 30.7 Å². The Morgan fingerprint density at radius 2 is 2.03 bits per heavy atom. The standard InChI is InChI=1S/C21H22FN7O2/c1-12(23)8-26-17-4-3-15(18-19(17)25-6-5-24-18)21(30)28-13-7-16(22)20-27-14(11-31-2)10-29(20)9-13/h3-7,9-10,12,26H,8,11,23H2,1-2H3,(H,28,30)/t12-/m0/s1. The molecule has 4 aromatic rings. The highest BCUT2D eigenvalue weighted by Gasteiger charge is 2.16. The molecule has 1 aromatic carbocycles. The third-order valence-electron chi connectivity index (χ3n) is 4.59. The lowest BCUT2D eigenvalue weighted by atomic mass is 10.1. The van der Waals surface area contributed by atoms with Crippen LogP contribution >= 0.6 is 0 Å². The van der Waals surface area contributed by atoms with E-state index in [-0.39, 0.29) is 24.0 Å². The minimum atomic E-state index is -0.555. The second-order valence-corrected chi connectivity index (χ2v) is 7.20. The second-order valence-electron chi connectivity index (χ2n) is 7.20. The van der Waals surface area contributed by atoms with Crippen LogP contribution in [0.3, 0.4) is 0 Å². The molecule has 0 spiro atoms. The predicted molar refractivity (Wildman–Crippen MR) is 115 cm³/mol. The fourth-order valence-electron chi connectivity index (χ4n) is 3.25. The topological polar surface area (TPSA) is 119 Å². The molecular weight excluding hydrogens is 401 g/mol. The molecule has 160 valence electrons. The van der Waals surface area contributed by atoms with Crippen molar-refractivity contribution in [3.05, 3.63) is 60.1 Å². The van der Waals surface area contributed by atoms with Gasteiger partial charge in [0, 0.05) is 50.6 Å². The maximum absolute atomic E-state index is 14.5. The molecule has 3 heterocycles. The van der Waals surface area contributed by atoms with Crippen LogP contribution in [0.25, 0.3) is 16.7 Å². The average molecular weight is 423 g/mol. The van der Waals surface area contributed by atoms with Crippen LogP contribution in [0.4, 0.5) is 15.8 Å². The minimum absolute atomic E-state index is 0.0490. The molecule has 4 rings (SSSR count). The van der Waals surface area contributed by atoms with Crippen LogP contribution in [0, 0.1) is 5.82 Å². The third kappa shape index (κ3) is 4.30. The molecule has 0 radical (unpaired) electrons. The van der Waals surface area contributed by atoms with Crippen LogP contribution in [-0.2, 0) is 11.3 Å². The molecule has 31 heavy (non-hydrogen) atoms. The van der Waals surface area contributed by atoms with E-state index in [9.17, 15) is 9.18 Å². The fourth-order valence-corrected chi connectivity index (χ4v) is 3.25. The van der Waals surface area contributed by atoms with Gasteiger partial charge in [-0.25, -0.2) is 9.37 Å². The summed E-state index contributed by atoms with van der Waals surface area (Å²) < 4.78 is 21.0. The van der Waals surface area contributed by atoms with Crippen LogP contribution in [-0.4, -0.2) is 45.0 Å². The van der Waals surface area contributed by atoms with Gasteiger partial charge >= 0.3 is 0 Å². The number of halogens is 1. The first-order valence-corrected chi connectivity index (χ1v) is 9.67. The van der Waals surface area contributed by atoms with Gasteiger partial charge in [-0.05, 0) is 19.1 Å². The van der Waals surface area contributed by atoms with Crippen molar-refractivity contribution >= 4 is 34.0 Å². The molecule has 9 nitrogen and oxygen atoms in total. The summed E-state index contributed by atoms with van der Waals surface area (Å²) in [6, 6.07) is 4.58. The second kappa shape index (κ2) is 8.62. The number of imidazole rings is 1. The Morgan fingerprint density at radius 1 is 1.26 bits per heavy atom. The first-order valence-electron chi connectivity index (χ1n) is 9.67. The largest absolute Gasteiger partial charge is 0.382 e. The smallest absolute Gasteiger partial charge is 0.257 e. The maximum atomic E-state index is 14.5. The summed E-state index contributed by atoms with van der Waals surface area (Å²) in [7, 11) is 1.54. The summed E-state index contributed by atoms with van der Waals surface area (Å²) in [5, 5.41) is 5.94. The molecule has 0 bridgehead atoms. The summed E-state index contributed by atoms with van der Waals surface area (Å²) in [6.45, 7) is 2.69. The first kappa shape index (κ1) is 20.6. The molecule has 1 amide bonds. The third-order valence-corrected chi connectivity index (χ3v) is 4.59. The average Bonchev–Trinajstić information content (AvgIpc) is 3.15. The van der Waals surface area contributed by atoms with Crippen LogP contribution < -0.4 is 16.4 Å². The van der Waals surface area contributed by atoms with E-state index in [1.165, 1.54) is 23.8 Å².